The topological polar surface area (TPSA) is 77.8 Å². The Morgan fingerprint density at radius 2 is 1.74 bits per heavy atom. The van der Waals surface area contributed by atoms with Gasteiger partial charge in [-0.25, -0.2) is 0 Å². The molecule has 19 heavy (non-hydrogen) atoms. The molecule has 4 nitrogen and oxygen atoms in total. The number of rotatable bonds is 1. The summed E-state index contributed by atoms with van der Waals surface area (Å²) in [6.07, 6.45) is 1.20. The third kappa shape index (κ3) is 1.55. The maximum absolute atomic E-state index is 12.1. The molecule has 0 amide bonds. The minimum atomic E-state index is -0.174. The quantitative estimate of drug-likeness (QED) is 0.726. The Morgan fingerprint density at radius 3 is 2.21 bits per heavy atom. The van der Waals surface area contributed by atoms with Gasteiger partial charge in [0.2, 0.25) is 0 Å². The number of carbonyl (C=O) groups excluding carboxylic acids is 1. The van der Waals surface area contributed by atoms with Crippen LogP contribution in [0.15, 0.2) is 12.1 Å². The van der Waals surface area contributed by atoms with Crippen molar-refractivity contribution in [1.82, 2.24) is 0 Å². The van der Waals surface area contributed by atoms with Gasteiger partial charge in [0.1, 0.15) is 23.0 Å². The molecule has 2 bridgehead atoms. The van der Waals surface area contributed by atoms with Crippen LogP contribution >= 0.6 is 0 Å². The van der Waals surface area contributed by atoms with E-state index in [4.69, 9.17) is 0 Å². The van der Waals surface area contributed by atoms with Gasteiger partial charge in [0, 0.05) is 36.0 Å². The zero-order valence-corrected chi connectivity index (χ0v) is 11.1. The lowest BCUT2D eigenvalue weighted by atomic mass is 9.44. The van der Waals surface area contributed by atoms with Crippen molar-refractivity contribution in [1.29, 1.82) is 0 Å². The first-order valence-corrected chi connectivity index (χ1v) is 6.60. The fourth-order valence-corrected chi connectivity index (χ4v) is 3.98. The Morgan fingerprint density at radius 1 is 1.16 bits per heavy atom. The first-order valence-electron chi connectivity index (χ1n) is 6.60. The van der Waals surface area contributed by atoms with Crippen LogP contribution in [0.2, 0.25) is 0 Å². The summed E-state index contributed by atoms with van der Waals surface area (Å²) in [6.45, 7) is 4.15. The number of hydrogen-bond donors (Lipinski definition) is 3. The fraction of sp³-hybridized carbons (Fsp3) is 0.533. The molecule has 3 atom stereocenters. The van der Waals surface area contributed by atoms with E-state index in [1.165, 1.54) is 12.1 Å². The van der Waals surface area contributed by atoms with Crippen molar-refractivity contribution < 1.29 is 20.1 Å². The predicted molar refractivity (Wildman–Crippen MR) is 69.2 cm³/mol. The largest absolute Gasteiger partial charge is 0.508 e. The van der Waals surface area contributed by atoms with Gasteiger partial charge < -0.3 is 15.3 Å². The van der Waals surface area contributed by atoms with E-state index in [0.29, 0.717) is 12.0 Å². The van der Waals surface area contributed by atoms with Crippen molar-refractivity contribution in [3.63, 3.8) is 0 Å². The maximum atomic E-state index is 12.1. The van der Waals surface area contributed by atoms with Crippen molar-refractivity contribution in [3.8, 4) is 17.2 Å². The molecular formula is C15H18O4. The van der Waals surface area contributed by atoms with Crippen LogP contribution in [0.3, 0.4) is 0 Å². The van der Waals surface area contributed by atoms with Gasteiger partial charge in [-0.15, -0.1) is 0 Å². The molecule has 0 aliphatic heterocycles. The van der Waals surface area contributed by atoms with Crippen LogP contribution in [-0.4, -0.2) is 21.1 Å². The number of benzene rings is 1. The normalized spacial score (nSPS) is 31.9. The number of aromatic hydroxyl groups is 3. The van der Waals surface area contributed by atoms with Crippen LogP contribution in [0.4, 0.5) is 0 Å². The van der Waals surface area contributed by atoms with Crippen LogP contribution in [0.1, 0.15) is 38.2 Å². The number of Topliss-reactive ketones (excluding diaryl/α,β-unsaturated/α-hetero) is 1. The number of ketones is 1. The third-order valence-corrected chi connectivity index (χ3v) is 5.13. The lowest BCUT2D eigenvalue weighted by Crippen LogP contribution is -2.56. The summed E-state index contributed by atoms with van der Waals surface area (Å²) in [5.74, 6) is 0.0312. The van der Waals surface area contributed by atoms with Crippen molar-refractivity contribution in [2.24, 2.45) is 17.3 Å². The molecule has 3 saturated carbocycles. The van der Waals surface area contributed by atoms with E-state index >= 15 is 0 Å². The second kappa shape index (κ2) is 3.65. The highest BCUT2D eigenvalue weighted by Gasteiger charge is 2.59. The summed E-state index contributed by atoms with van der Waals surface area (Å²) >= 11 is 0. The van der Waals surface area contributed by atoms with Crippen LogP contribution in [-0.2, 0) is 4.79 Å². The molecule has 4 heteroatoms. The summed E-state index contributed by atoms with van der Waals surface area (Å²) in [5, 5.41) is 29.3. The fourth-order valence-electron chi connectivity index (χ4n) is 3.98. The van der Waals surface area contributed by atoms with E-state index in [1.807, 2.05) is 0 Å². The summed E-state index contributed by atoms with van der Waals surface area (Å²) < 4.78 is 0. The van der Waals surface area contributed by atoms with Gasteiger partial charge in [-0.2, -0.15) is 0 Å². The average molecular weight is 262 g/mol. The van der Waals surface area contributed by atoms with Gasteiger partial charge in [-0.1, -0.05) is 13.8 Å². The second-order valence-corrected chi connectivity index (χ2v) is 6.39. The van der Waals surface area contributed by atoms with Gasteiger partial charge in [0.15, 0.2) is 0 Å². The Bertz CT molecular complexity index is 538. The minimum Gasteiger partial charge on any atom is -0.508 e. The molecule has 3 N–H and O–H groups in total. The second-order valence-electron chi connectivity index (χ2n) is 6.39. The molecule has 4 rings (SSSR count). The SMILES string of the molecule is CC1(C)C2CC1[C@H](c1c(O)cc(O)cc1O)CC2=O. The predicted octanol–water partition coefficient (Wildman–Crippen LogP) is 2.52. The lowest BCUT2D eigenvalue weighted by molar-refractivity contribution is -0.151. The third-order valence-electron chi connectivity index (χ3n) is 5.13. The van der Waals surface area contributed by atoms with Crippen molar-refractivity contribution in [2.75, 3.05) is 0 Å². The Kier molecular flexibility index (Phi) is 2.37. The monoisotopic (exact) mass is 262 g/mol. The number of fused-ring (bicyclic) bond motifs is 2. The van der Waals surface area contributed by atoms with E-state index in [9.17, 15) is 20.1 Å². The van der Waals surface area contributed by atoms with Gasteiger partial charge >= 0.3 is 0 Å². The molecule has 0 saturated heterocycles. The molecule has 0 radical (unpaired) electrons. The number of carbonyl (C=O) groups is 1. The van der Waals surface area contributed by atoms with Crippen molar-refractivity contribution >= 4 is 5.78 Å². The molecule has 1 aromatic carbocycles. The van der Waals surface area contributed by atoms with Gasteiger partial charge in [0.25, 0.3) is 0 Å². The smallest absolute Gasteiger partial charge is 0.137 e. The lowest BCUT2D eigenvalue weighted by Gasteiger charge is -2.58. The minimum absolute atomic E-state index is 0.0727. The number of phenolic OH excluding ortho intramolecular Hbond substituents is 3. The van der Waals surface area contributed by atoms with E-state index in [2.05, 4.69) is 13.8 Å². The molecule has 0 aromatic heterocycles. The molecule has 2 unspecified atom stereocenters. The van der Waals surface area contributed by atoms with Crippen LogP contribution in [0, 0.1) is 17.3 Å². The molecular weight excluding hydrogens is 244 g/mol. The molecule has 3 fully saturated rings. The van der Waals surface area contributed by atoms with E-state index in [1.54, 1.807) is 0 Å². The first-order chi connectivity index (χ1) is 8.82. The van der Waals surface area contributed by atoms with Crippen molar-refractivity contribution in [3.05, 3.63) is 17.7 Å². The molecule has 0 heterocycles. The highest BCUT2D eigenvalue weighted by atomic mass is 16.3. The van der Waals surface area contributed by atoms with Crippen LogP contribution in [0.5, 0.6) is 17.2 Å². The van der Waals surface area contributed by atoms with Crippen molar-refractivity contribution in [2.45, 2.75) is 32.6 Å². The molecule has 0 spiro atoms. The highest BCUT2D eigenvalue weighted by molar-refractivity contribution is 5.86. The van der Waals surface area contributed by atoms with E-state index in [-0.39, 0.29) is 46.2 Å². The van der Waals surface area contributed by atoms with Gasteiger partial charge in [-0.05, 0) is 17.8 Å². The van der Waals surface area contributed by atoms with E-state index in [0.717, 1.165) is 6.42 Å². The molecule has 102 valence electrons. The molecule has 3 aliphatic rings. The van der Waals surface area contributed by atoms with Gasteiger partial charge in [-0.3, -0.25) is 4.79 Å². The zero-order valence-electron chi connectivity index (χ0n) is 11.1. The number of phenols is 3. The standard InChI is InChI=1S/C15H18O4/c1-15(2)9-6-10(15)11(17)5-8(9)14-12(18)3-7(16)4-13(14)19/h3-4,8-10,16,18-19H,5-6H2,1-2H3/t8-,9?,10?/m1/s1. The Labute approximate surface area is 111 Å². The van der Waals surface area contributed by atoms with Gasteiger partial charge in [0.05, 0.1) is 0 Å². The van der Waals surface area contributed by atoms with Crippen LogP contribution < -0.4 is 0 Å². The van der Waals surface area contributed by atoms with Crippen LogP contribution in [0.25, 0.3) is 0 Å². The summed E-state index contributed by atoms with van der Waals surface area (Å²) in [5.41, 5.74) is 0.332. The Hall–Kier alpha value is -1.71. The summed E-state index contributed by atoms with van der Waals surface area (Å²) in [7, 11) is 0. The van der Waals surface area contributed by atoms with E-state index < -0.39 is 0 Å². The summed E-state index contributed by atoms with van der Waals surface area (Å²) in [4.78, 5) is 12.1. The molecule has 1 aromatic rings. The maximum Gasteiger partial charge on any atom is 0.137 e. The Balaban J connectivity index is 2.06. The summed E-state index contributed by atoms with van der Waals surface area (Å²) in [6, 6.07) is 2.44. The zero-order chi connectivity index (χ0) is 13.9. The number of hydrogen-bond acceptors (Lipinski definition) is 4. The highest BCUT2D eigenvalue weighted by Crippen LogP contribution is 2.64. The molecule has 3 aliphatic carbocycles. The average Bonchev–Trinajstić information content (AvgIpc) is 2.25. The first kappa shape index (κ1) is 12.3.